The third kappa shape index (κ3) is 3.58. The van der Waals surface area contributed by atoms with E-state index in [1.165, 1.54) is 48.4 Å². The normalized spacial score (nSPS) is 17.1. The molecule has 0 radical (unpaired) electrons. The summed E-state index contributed by atoms with van der Waals surface area (Å²) in [4.78, 5) is 0. The van der Waals surface area contributed by atoms with Gasteiger partial charge >= 0.3 is 0 Å². The van der Waals surface area contributed by atoms with Crippen molar-refractivity contribution < 1.29 is 0 Å². The fourth-order valence-corrected chi connectivity index (χ4v) is 3.72. The first-order valence-corrected chi connectivity index (χ1v) is 8.69. The fraction of sp³-hybridized carbons (Fsp3) is 0.421. The molecule has 0 spiro atoms. The van der Waals surface area contributed by atoms with Crippen LogP contribution >= 0.6 is 12.2 Å². The SMILES string of the molecule is C[C@@H](NC(=S)NC1CCCCC1)c1cccc2ccccc12. The second kappa shape index (κ2) is 7.10. The first-order chi connectivity index (χ1) is 10.7. The van der Waals surface area contributed by atoms with E-state index >= 15 is 0 Å². The minimum Gasteiger partial charge on any atom is -0.360 e. The predicted molar refractivity (Wildman–Crippen MR) is 98.1 cm³/mol. The van der Waals surface area contributed by atoms with E-state index in [2.05, 4.69) is 60.0 Å². The second-order valence-electron chi connectivity index (χ2n) is 6.24. The molecule has 22 heavy (non-hydrogen) atoms. The Morgan fingerprint density at radius 3 is 2.59 bits per heavy atom. The number of thiocarbonyl (C=S) groups is 1. The minimum absolute atomic E-state index is 0.203. The van der Waals surface area contributed by atoms with Crippen LogP contribution in [0.1, 0.15) is 50.6 Å². The van der Waals surface area contributed by atoms with Gasteiger partial charge in [-0.25, -0.2) is 0 Å². The van der Waals surface area contributed by atoms with Gasteiger partial charge in [-0.05, 0) is 48.3 Å². The molecule has 1 aliphatic rings. The van der Waals surface area contributed by atoms with Gasteiger partial charge in [-0.2, -0.15) is 0 Å². The summed E-state index contributed by atoms with van der Waals surface area (Å²) in [5.41, 5.74) is 1.30. The lowest BCUT2D eigenvalue weighted by Gasteiger charge is -2.26. The standard InChI is InChI=1S/C19H24N2S/c1-14(20-19(22)21-16-10-3-2-4-11-16)17-13-7-9-15-8-5-6-12-18(15)17/h5-9,12-14,16H,2-4,10-11H2,1H3,(H2,20,21,22)/t14-/m1/s1. The molecule has 2 aromatic rings. The lowest BCUT2D eigenvalue weighted by atomic mass is 9.96. The van der Waals surface area contributed by atoms with Crippen LogP contribution in [-0.2, 0) is 0 Å². The zero-order chi connectivity index (χ0) is 15.4. The molecule has 0 unspecified atom stereocenters. The molecule has 1 saturated carbocycles. The highest BCUT2D eigenvalue weighted by Gasteiger charge is 2.16. The molecule has 1 fully saturated rings. The molecule has 3 heteroatoms. The average Bonchev–Trinajstić information content (AvgIpc) is 2.55. The van der Waals surface area contributed by atoms with Gasteiger partial charge in [0, 0.05) is 6.04 Å². The molecule has 2 nitrogen and oxygen atoms in total. The van der Waals surface area contributed by atoms with E-state index in [-0.39, 0.29) is 6.04 Å². The van der Waals surface area contributed by atoms with Gasteiger partial charge < -0.3 is 10.6 Å². The van der Waals surface area contributed by atoms with Crippen molar-refractivity contribution in [1.82, 2.24) is 10.6 Å². The van der Waals surface area contributed by atoms with Gasteiger partial charge in [0.25, 0.3) is 0 Å². The first kappa shape index (κ1) is 15.3. The first-order valence-electron chi connectivity index (χ1n) is 8.29. The highest BCUT2D eigenvalue weighted by Crippen LogP contribution is 2.24. The summed E-state index contributed by atoms with van der Waals surface area (Å²) in [5, 5.41) is 10.3. The highest BCUT2D eigenvalue weighted by atomic mass is 32.1. The molecule has 0 heterocycles. The van der Waals surface area contributed by atoms with Crippen molar-refractivity contribution in [3.05, 3.63) is 48.0 Å². The van der Waals surface area contributed by atoms with Gasteiger partial charge in [0.05, 0.1) is 6.04 Å². The van der Waals surface area contributed by atoms with Gasteiger partial charge in [-0.15, -0.1) is 0 Å². The molecule has 3 rings (SSSR count). The molecule has 1 atom stereocenters. The third-order valence-electron chi connectivity index (χ3n) is 4.58. The van der Waals surface area contributed by atoms with E-state index in [9.17, 15) is 0 Å². The molecule has 0 aliphatic heterocycles. The molecule has 2 aromatic carbocycles. The lowest BCUT2D eigenvalue weighted by molar-refractivity contribution is 0.411. The molecule has 2 N–H and O–H groups in total. The van der Waals surface area contributed by atoms with E-state index in [1.807, 2.05) is 0 Å². The lowest BCUT2D eigenvalue weighted by Crippen LogP contribution is -2.43. The fourth-order valence-electron chi connectivity index (χ4n) is 3.38. The Bertz CT molecular complexity index is 641. The van der Waals surface area contributed by atoms with Crippen molar-refractivity contribution >= 4 is 28.1 Å². The maximum atomic E-state index is 5.51. The predicted octanol–water partition coefficient (Wildman–Crippen LogP) is 4.70. The van der Waals surface area contributed by atoms with Crippen LogP contribution in [0.3, 0.4) is 0 Å². The van der Waals surface area contributed by atoms with Crippen molar-refractivity contribution in [2.75, 3.05) is 0 Å². The molecule has 1 aliphatic carbocycles. The molecule has 0 amide bonds. The molecule has 116 valence electrons. The Labute approximate surface area is 138 Å². The van der Waals surface area contributed by atoms with E-state index < -0.39 is 0 Å². The summed E-state index contributed by atoms with van der Waals surface area (Å²) in [6.45, 7) is 2.18. The number of rotatable bonds is 3. The monoisotopic (exact) mass is 312 g/mol. The highest BCUT2D eigenvalue weighted by molar-refractivity contribution is 7.80. The number of hydrogen-bond donors (Lipinski definition) is 2. The summed E-state index contributed by atoms with van der Waals surface area (Å²) < 4.78 is 0. The minimum atomic E-state index is 0.203. The second-order valence-corrected chi connectivity index (χ2v) is 6.65. The molecular formula is C19H24N2S. The van der Waals surface area contributed by atoms with Crippen LogP contribution in [0.2, 0.25) is 0 Å². The van der Waals surface area contributed by atoms with Crippen molar-refractivity contribution in [3.8, 4) is 0 Å². The van der Waals surface area contributed by atoms with Gasteiger partial charge in [-0.3, -0.25) is 0 Å². The maximum Gasteiger partial charge on any atom is 0.166 e. The Morgan fingerprint density at radius 2 is 1.77 bits per heavy atom. The van der Waals surface area contributed by atoms with Gasteiger partial charge in [0.15, 0.2) is 5.11 Å². The zero-order valence-electron chi connectivity index (χ0n) is 13.1. The summed E-state index contributed by atoms with van der Waals surface area (Å²) in [7, 11) is 0. The Balaban J connectivity index is 1.67. The topological polar surface area (TPSA) is 24.1 Å². The third-order valence-corrected chi connectivity index (χ3v) is 4.81. The zero-order valence-corrected chi connectivity index (χ0v) is 14.0. The number of benzene rings is 2. The summed E-state index contributed by atoms with van der Waals surface area (Å²) >= 11 is 5.51. The van der Waals surface area contributed by atoms with Crippen molar-refractivity contribution in [3.63, 3.8) is 0 Å². The van der Waals surface area contributed by atoms with Crippen LogP contribution in [-0.4, -0.2) is 11.2 Å². The van der Waals surface area contributed by atoms with Crippen LogP contribution in [0.25, 0.3) is 10.8 Å². The van der Waals surface area contributed by atoms with Gasteiger partial charge in [0.1, 0.15) is 0 Å². The quantitative estimate of drug-likeness (QED) is 0.804. The number of nitrogens with one attached hydrogen (secondary N) is 2. The molecular weight excluding hydrogens is 288 g/mol. The van der Waals surface area contributed by atoms with Crippen LogP contribution < -0.4 is 10.6 Å². The van der Waals surface area contributed by atoms with Crippen LogP contribution in [0.4, 0.5) is 0 Å². The average molecular weight is 312 g/mol. The van der Waals surface area contributed by atoms with Gasteiger partial charge in [0.2, 0.25) is 0 Å². The smallest absolute Gasteiger partial charge is 0.166 e. The van der Waals surface area contributed by atoms with Crippen molar-refractivity contribution in [1.29, 1.82) is 0 Å². The molecule has 0 saturated heterocycles. The summed E-state index contributed by atoms with van der Waals surface area (Å²) in [6, 6.07) is 15.7. The summed E-state index contributed by atoms with van der Waals surface area (Å²) in [5.74, 6) is 0. The van der Waals surface area contributed by atoms with E-state index in [0.717, 1.165) is 5.11 Å². The van der Waals surface area contributed by atoms with Crippen LogP contribution in [0.15, 0.2) is 42.5 Å². The molecule has 0 aromatic heterocycles. The number of fused-ring (bicyclic) bond motifs is 1. The number of hydrogen-bond acceptors (Lipinski definition) is 1. The largest absolute Gasteiger partial charge is 0.360 e. The van der Waals surface area contributed by atoms with E-state index in [4.69, 9.17) is 12.2 Å². The molecule has 0 bridgehead atoms. The van der Waals surface area contributed by atoms with E-state index in [1.54, 1.807) is 0 Å². The van der Waals surface area contributed by atoms with Crippen LogP contribution in [0, 0.1) is 0 Å². The Kier molecular flexibility index (Phi) is 4.94. The van der Waals surface area contributed by atoms with Gasteiger partial charge in [-0.1, -0.05) is 61.7 Å². The summed E-state index contributed by atoms with van der Waals surface area (Å²) in [6.07, 6.45) is 6.48. The van der Waals surface area contributed by atoms with Crippen molar-refractivity contribution in [2.45, 2.75) is 51.1 Å². The van der Waals surface area contributed by atoms with Crippen LogP contribution in [0.5, 0.6) is 0 Å². The maximum absolute atomic E-state index is 5.51. The van der Waals surface area contributed by atoms with E-state index in [0.29, 0.717) is 6.04 Å². The van der Waals surface area contributed by atoms with Crippen molar-refractivity contribution in [2.24, 2.45) is 0 Å². The Morgan fingerprint density at radius 1 is 1.05 bits per heavy atom. The Hall–Kier alpha value is -1.61.